The predicted molar refractivity (Wildman–Crippen MR) is 131 cm³/mol. The molecule has 0 aromatic carbocycles. The number of aliphatic hydroxyl groups excluding tert-OH is 1. The molecule has 2 heteroatoms. The Balaban J connectivity index is 1.56. The van der Waals surface area contributed by atoms with Crippen LogP contribution in [0.25, 0.3) is 0 Å². The lowest BCUT2D eigenvalue weighted by atomic mass is 9.33. The van der Waals surface area contributed by atoms with Gasteiger partial charge in [-0.3, -0.25) is 4.79 Å². The molecule has 1 unspecified atom stereocenters. The number of allylic oxidation sites excluding steroid dienone is 2. The average Bonchev–Trinajstić information content (AvgIpc) is 3.09. The van der Waals surface area contributed by atoms with Crippen molar-refractivity contribution < 1.29 is 9.90 Å². The molecule has 0 spiro atoms. The highest BCUT2D eigenvalue weighted by Gasteiger charge is 2.69. The third-order valence-corrected chi connectivity index (χ3v) is 13.2. The summed E-state index contributed by atoms with van der Waals surface area (Å²) >= 11 is 0. The summed E-state index contributed by atoms with van der Waals surface area (Å²) in [5, 5.41) is 10.1. The van der Waals surface area contributed by atoms with Gasteiger partial charge in [-0.1, -0.05) is 54.5 Å². The molecule has 4 saturated carbocycles. The van der Waals surface area contributed by atoms with E-state index in [4.69, 9.17) is 0 Å². The number of ketones is 1. The highest BCUT2D eigenvalue weighted by molar-refractivity contribution is 5.95. The second-order valence-corrected chi connectivity index (χ2v) is 14.5. The summed E-state index contributed by atoms with van der Waals surface area (Å²) in [7, 11) is 0. The third kappa shape index (κ3) is 2.65. The van der Waals surface area contributed by atoms with Crippen LogP contribution in [0.3, 0.4) is 0 Å². The largest absolute Gasteiger partial charge is 0.396 e. The van der Waals surface area contributed by atoms with Crippen molar-refractivity contribution in [2.75, 3.05) is 6.61 Å². The zero-order chi connectivity index (χ0) is 23.3. The summed E-state index contributed by atoms with van der Waals surface area (Å²) in [6, 6.07) is 0. The van der Waals surface area contributed by atoms with Crippen molar-refractivity contribution in [3.63, 3.8) is 0 Å². The van der Waals surface area contributed by atoms with Crippen LogP contribution in [0.4, 0.5) is 0 Å². The fraction of sp³-hybridized carbons (Fsp3) is 0.900. The van der Waals surface area contributed by atoms with E-state index in [9.17, 15) is 9.90 Å². The fourth-order valence-electron chi connectivity index (χ4n) is 11.1. The third-order valence-electron chi connectivity index (χ3n) is 13.2. The number of fused-ring (bicyclic) bond motifs is 7. The summed E-state index contributed by atoms with van der Waals surface area (Å²) in [5.41, 5.74) is 1.07. The number of hydrogen-bond acceptors (Lipinski definition) is 2. The molecular formula is C30H48O2. The van der Waals surface area contributed by atoms with Crippen LogP contribution in [0, 0.1) is 62.6 Å². The normalized spacial score (nSPS) is 54.9. The van der Waals surface area contributed by atoms with Gasteiger partial charge in [-0.05, 0) is 115 Å². The van der Waals surface area contributed by atoms with Gasteiger partial charge in [0.1, 0.15) is 0 Å². The van der Waals surface area contributed by atoms with Crippen molar-refractivity contribution in [2.45, 2.75) is 99.8 Å². The topological polar surface area (TPSA) is 37.3 Å². The van der Waals surface area contributed by atoms with Gasteiger partial charge in [-0.15, -0.1) is 0 Å². The van der Waals surface area contributed by atoms with E-state index < -0.39 is 0 Å². The molecular weight excluding hydrogens is 392 g/mol. The Bertz CT molecular complexity index is 827. The fourth-order valence-corrected chi connectivity index (χ4v) is 11.1. The first kappa shape index (κ1) is 23.1. The molecule has 2 nitrogen and oxygen atoms in total. The van der Waals surface area contributed by atoms with Gasteiger partial charge in [-0.25, -0.2) is 0 Å². The first-order chi connectivity index (χ1) is 14.8. The van der Waals surface area contributed by atoms with Crippen LogP contribution in [0.5, 0.6) is 0 Å². The molecule has 0 amide bonds. The van der Waals surface area contributed by atoms with Crippen molar-refractivity contribution in [3.05, 3.63) is 12.2 Å². The highest BCUT2D eigenvalue weighted by Crippen LogP contribution is 2.76. The van der Waals surface area contributed by atoms with Crippen molar-refractivity contribution in [3.8, 4) is 0 Å². The molecule has 5 aliphatic rings. The maximum absolute atomic E-state index is 12.8. The van der Waals surface area contributed by atoms with Gasteiger partial charge in [0.25, 0.3) is 0 Å². The minimum atomic E-state index is -0.235. The lowest BCUT2D eigenvalue weighted by molar-refractivity contribution is -0.219. The monoisotopic (exact) mass is 440 g/mol. The molecule has 5 aliphatic carbocycles. The molecule has 180 valence electrons. The SMILES string of the molecule is CC(CO)[C@@H]1CC[C@]2(C)CC[C@]3(C)[C@H](CC[C@@H]4[C@@]5(C)C=CC(=O)C(C)(C)[C@@H]5CC[C@]43C)[C@@H]12. The summed E-state index contributed by atoms with van der Waals surface area (Å²) in [6.45, 7) is 17.5. The smallest absolute Gasteiger partial charge is 0.161 e. The van der Waals surface area contributed by atoms with Crippen molar-refractivity contribution >= 4 is 5.78 Å². The molecule has 0 bridgehead atoms. The Morgan fingerprint density at radius 2 is 1.62 bits per heavy atom. The summed E-state index contributed by atoms with van der Waals surface area (Å²) in [5.74, 6) is 4.14. The van der Waals surface area contributed by atoms with Crippen LogP contribution in [0.2, 0.25) is 0 Å². The van der Waals surface area contributed by atoms with Crippen molar-refractivity contribution in [1.82, 2.24) is 0 Å². The summed E-state index contributed by atoms with van der Waals surface area (Å²) < 4.78 is 0. The Morgan fingerprint density at radius 1 is 0.906 bits per heavy atom. The predicted octanol–water partition coefficient (Wildman–Crippen LogP) is 7.06. The van der Waals surface area contributed by atoms with Crippen LogP contribution in [-0.2, 0) is 4.79 Å². The van der Waals surface area contributed by atoms with Gasteiger partial charge in [0.15, 0.2) is 5.78 Å². The molecule has 10 atom stereocenters. The summed E-state index contributed by atoms with van der Waals surface area (Å²) in [6.07, 6.45) is 14.8. The number of carbonyl (C=O) groups excluding carboxylic acids is 1. The first-order valence-electron chi connectivity index (χ1n) is 13.7. The van der Waals surface area contributed by atoms with Gasteiger partial charge < -0.3 is 5.11 Å². The van der Waals surface area contributed by atoms with Gasteiger partial charge in [0.05, 0.1) is 0 Å². The molecule has 0 aliphatic heterocycles. The molecule has 1 N–H and O–H groups in total. The van der Waals surface area contributed by atoms with Gasteiger partial charge in [0, 0.05) is 12.0 Å². The zero-order valence-corrected chi connectivity index (χ0v) is 21.8. The molecule has 0 heterocycles. The minimum absolute atomic E-state index is 0.132. The lowest BCUT2D eigenvalue weighted by Crippen LogP contribution is -2.65. The van der Waals surface area contributed by atoms with E-state index in [1.165, 1.54) is 51.4 Å². The quantitative estimate of drug-likeness (QED) is 0.499. The van der Waals surface area contributed by atoms with Crippen molar-refractivity contribution in [2.24, 2.45) is 62.6 Å². The van der Waals surface area contributed by atoms with Crippen LogP contribution in [-0.4, -0.2) is 17.5 Å². The second-order valence-electron chi connectivity index (χ2n) is 14.5. The van der Waals surface area contributed by atoms with Gasteiger partial charge in [-0.2, -0.15) is 0 Å². The van der Waals surface area contributed by atoms with Gasteiger partial charge >= 0.3 is 0 Å². The number of aliphatic hydroxyl groups is 1. The van der Waals surface area contributed by atoms with E-state index in [2.05, 4.69) is 54.5 Å². The molecule has 5 rings (SSSR count). The van der Waals surface area contributed by atoms with E-state index in [0.29, 0.717) is 52.3 Å². The molecule has 0 saturated heterocycles. The standard InChI is InChI=1S/C30H48O2/c1-19(18-31)20-10-13-27(4)16-17-29(6)21(25(20)27)8-9-23-28(5)14-12-24(32)26(2,3)22(28)11-15-30(23,29)7/h12,14,19-23,25,31H,8-11,13,15-18H2,1-7H3/t19?,20-,21+,22-,23+,25+,27+,28-,29+,30+/m0/s1. The maximum atomic E-state index is 12.8. The zero-order valence-electron chi connectivity index (χ0n) is 21.8. The van der Waals surface area contributed by atoms with Gasteiger partial charge in [0.2, 0.25) is 0 Å². The minimum Gasteiger partial charge on any atom is -0.396 e. The maximum Gasteiger partial charge on any atom is 0.161 e. The van der Waals surface area contributed by atoms with E-state index in [-0.39, 0.29) is 10.8 Å². The number of carbonyl (C=O) groups is 1. The van der Waals surface area contributed by atoms with Crippen LogP contribution < -0.4 is 0 Å². The Morgan fingerprint density at radius 3 is 2.31 bits per heavy atom. The lowest BCUT2D eigenvalue weighted by Gasteiger charge is -2.71. The van der Waals surface area contributed by atoms with Crippen LogP contribution in [0.1, 0.15) is 99.8 Å². The Labute approximate surface area is 197 Å². The molecule has 0 radical (unpaired) electrons. The van der Waals surface area contributed by atoms with E-state index in [1.54, 1.807) is 0 Å². The molecule has 0 aromatic rings. The van der Waals surface area contributed by atoms with E-state index in [0.717, 1.165) is 11.8 Å². The van der Waals surface area contributed by atoms with E-state index in [1.807, 2.05) is 6.08 Å². The Kier molecular flexibility index (Phi) is 5.03. The Hall–Kier alpha value is -0.630. The molecule has 32 heavy (non-hydrogen) atoms. The first-order valence-corrected chi connectivity index (χ1v) is 13.7. The number of rotatable bonds is 2. The average molecular weight is 441 g/mol. The molecule has 0 aromatic heterocycles. The highest BCUT2D eigenvalue weighted by atomic mass is 16.3. The molecule has 4 fully saturated rings. The van der Waals surface area contributed by atoms with Crippen LogP contribution in [0.15, 0.2) is 12.2 Å². The second kappa shape index (κ2) is 6.96. The van der Waals surface area contributed by atoms with Crippen molar-refractivity contribution in [1.29, 1.82) is 0 Å². The number of hydrogen-bond donors (Lipinski definition) is 1. The van der Waals surface area contributed by atoms with E-state index >= 15 is 0 Å². The summed E-state index contributed by atoms with van der Waals surface area (Å²) in [4.78, 5) is 12.8. The van der Waals surface area contributed by atoms with Crippen LogP contribution >= 0.6 is 0 Å².